The van der Waals surface area contributed by atoms with E-state index in [0.717, 1.165) is 17.0 Å². The first-order chi connectivity index (χ1) is 9.08. The summed E-state index contributed by atoms with van der Waals surface area (Å²) in [5, 5.41) is 0.131. The first-order valence-electron chi connectivity index (χ1n) is 5.52. The van der Waals surface area contributed by atoms with E-state index >= 15 is 0 Å². The van der Waals surface area contributed by atoms with Gasteiger partial charge in [-0.15, -0.1) is 0 Å². The Kier molecular flexibility index (Phi) is 2.61. The lowest BCUT2D eigenvalue weighted by atomic mass is 10.1. The van der Waals surface area contributed by atoms with Crippen LogP contribution >= 0.6 is 11.6 Å². The van der Waals surface area contributed by atoms with Gasteiger partial charge in [-0.25, -0.2) is 9.29 Å². The highest BCUT2D eigenvalue weighted by atomic mass is 35.5. The monoisotopic (exact) mass is 275 g/mol. The van der Waals surface area contributed by atoms with E-state index in [-0.39, 0.29) is 10.7 Å². The summed E-state index contributed by atoms with van der Waals surface area (Å²) in [5.74, 6) is -1.54. The van der Waals surface area contributed by atoms with Gasteiger partial charge >= 0.3 is 0 Å². The molecule has 0 radical (unpaired) electrons. The average Bonchev–Trinajstić information content (AvgIpc) is 2.61. The molecule has 0 saturated carbocycles. The van der Waals surface area contributed by atoms with Gasteiger partial charge in [0.05, 0.1) is 16.8 Å². The maximum Gasteiger partial charge on any atom is 0.266 e. The summed E-state index contributed by atoms with van der Waals surface area (Å²) in [6.45, 7) is 0. The summed E-state index contributed by atoms with van der Waals surface area (Å²) < 4.78 is 13.3. The highest BCUT2D eigenvalue weighted by Gasteiger charge is 2.36. The van der Waals surface area contributed by atoms with E-state index in [1.807, 2.05) is 0 Å². The van der Waals surface area contributed by atoms with Gasteiger partial charge in [-0.3, -0.25) is 9.59 Å². The SMILES string of the molecule is O=C1c2ccccc2C(=O)N1c1cc(F)cc(Cl)c1. The zero-order valence-corrected chi connectivity index (χ0v) is 10.3. The Morgan fingerprint density at radius 3 is 2.05 bits per heavy atom. The summed E-state index contributed by atoms with van der Waals surface area (Å²) in [5.41, 5.74) is 0.761. The highest BCUT2D eigenvalue weighted by Crippen LogP contribution is 2.30. The molecule has 2 aromatic carbocycles. The zero-order chi connectivity index (χ0) is 13.6. The van der Waals surface area contributed by atoms with E-state index < -0.39 is 17.6 Å². The quantitative estimate of drug-likeness (QED) is 0.749. The van der Waals surface area contributed by atoms with Crippen LogP contribution in [0.1, 0.15) is 20.7 Å². The summed E-state index contributed by atoms with van der Waals surface area (Å²) in [6, 6.07) is 10.1. The normalized spacial score (nSPS) is 13.9. The van der Waals surface area contributed by atoms with E-state index in [1.165, 1.54) is 6.07 Å². The molecule has 0 spiro atoms. The molecule has 1 aliphatic rings. The number of hydrogen-bond donors (Lipinski definition) is 0. The van der Waals surface area contributed by atoms with Crippen molar-refractivity contribution in [2.24, 2.45) is 0 Å². The van der Waals surface area contributed by atoms with E-state index in [2.05, 4.69) is 0 Å². The highest BCUT2D eigenvalue weighted by molar-refractivity contribution is 6.35. The molecule has 0 saturated heterocycles. The Morgan fingerprint density at radius 1 is 0.947 bits per heavy atom. The molecule has 0 aliphatic carbocycles. The predicted octanol–water partition coefficient (Wildman–Crippen LogP) is 3.28. The van der Waals surface area contributed by atoms with Crippen molar-refractivity contribution in [2.45, 2.75) is 0 Å². The largest absolute Gasteiger partial charge is 0.268 e. The number of amides is 2. The fraction of sp³-hybridized carbons (Fsp3) is 0. The molecule has 3 rings (SSSR count). The average molecular weight is 276 g/mol. The van der Waals surface area contributed by atoms with Gasteiger partial charge in [0, 0.05) is 5.02 Å². The fourth-order valence-corrected chi connectivity index (χ4v) is 2.31. The molecule has 2 amide bonds. The van der Waals surface area contributed by atoms with Crippen LogP contribution in [0.5, 0.6) is 0 Å². The number of imide groups is 1. The first-order valence-corrected chi connectivity index (χ1v) is 5.89. The summed E-state index contributed by atoms with van der Waals surface area (Å²) in [6.07, 6.45) is 0. The van der Waals surface area contributed by atoms with Gasteiger partial charge in [0.2, 0.25) is 0 Å². The summed E-state index contributed by atoms with van der Waals surface area (Å²) in [7, 11) is 0. The van der Waals surface area contributed by atoms with Crippen molar-refractivity contribution >= 4 is 29.1 Å². The van der Waals surface area contributed by atoms with Crippen molar-refractivity contribution in [1.29, 1.82) is 0 Å². The van der Waals surface area contributed by atoms with Gasteiger partial charge in [0.15, 0.2) is 0 Å². The van der Waals surface area contributed by atoms with Gasteiger partial charge in [0.25, 0.3) is 11.8 Å². The third-order valence-corrected chi connectivity index (χ3v) is 3.12. The molecule has 94 valence electrons. The number of rotatable bonds is 1. The van der Waals surface area contributed by atoms with Gasteiger partial charge in [-0.1, -0.05) is 23.7 Å². The molecular weight excluding hydrogens is 269 g/mol. The second-order valence-electron chi connectivity index (χ2n) is 4.12. The molecule has 0 unspecified atom stereocenters. The van der Waals surface area contributed by atoms with Gasteiger partial charge in [-0.05, 0) is 30.3 Å². The van der Waals surface area contributed by atoms with Crippen LogP contribution in [0, 0.1) is 5.82 Å². The van der Waals surface area contributed by atoms with E-state index in [1.54, 1.807) is 24.3 Å². The van der Waals surface area contributed by atoms with Crippen LogP contribution < -0.4 is 4.90 Å². The minimum Gasteiger partial charge on any atom is -0.268 e. The van der Waals surface area contributed by atoms with Crippen LogP contribution in [-0.2, 0) is 0 Å². The van der Waals surface area contributed by atoms with E-state index in [9.17, 15) is 14.0 Å². The van der Waals surface area contributed by atoms with E-state index in [4.69, 9.17) is 11.6 Å². The Balaban J connectivity index is 2.14. The Labute approximate surface area is 113 Å². The molecule has 0 aromatic heterocycles. The number of carbonyl (C=O) groups excluding carboxylic acids is 2. The topological polar surface area (TPSA) is 37.4 Å². The Bertz CT molecular complexity index is 659. The fourth-order valence-electron chi connectivity index (χ4n) is 2.09. The molecule has 0 bridgehead atoms. The molecule has 1 aliphatic heterocycles. The summed E-state index contributed by atoms with van der Waals surface area (Å²) in [4.78, 5) is 25.3. The molecule has 19 heavy (non-hydrogen) atoms. The van der Waals surface area contributed by atoms with Crippen LogP contribution in [0.25, 0.3) is 0 Å². The predicted molar refractivity (Wildman–Crippen MR) is 69.0 cm³/mol. The third-order valence-electron chi connectivity index (χ3n) is 2.90. The molecule has 1 heterocycles. The number of nitrogens with zero attached hydrogens (tertiary/aromatic N) is 1. The molecule has 0 fully saturated rings. The van der Waals surface area contributed by atoms with Crippen LogP contribution in [0.3, 0.4) is 0 Å². The standard InChI is InChI=1S/C14H7ClFNO2/c15-8-5-9(16)7-10(6-8)17-13(18)11-3-1-2-4-12(11)14(17)19/h1-7H. The Hall–Kier alpha value is -2.20. The van der Waals surface area contributed by atoms with E-state index in [0.29, 0.717) is 11.1 Å². The van der Waals surface area contributed by atoms with Gasteiger partial charge in [0.1, 0.15) is 5.82 Å². The molecule has 0 atom stereocenters. The van der Waals surface area contributed by atoms with Crippen molar-refractivity contribution in [2.75, 3.05) is 4.90 Å². The molecule has 2 aromatic rings. The van der Waals surface area contributed by atoms with Crippen LogP contribution in [0.2, 0.25) is 5.02 Å². The lowest BCUT2D eigenvalue weighted by Crippen LogP contribution is -2.29. The van der Waals surface area contributed by atoms with Crippen molar-refractivity contribution in [3.8, 4) is 0 Å². The second-order valence-corrected chi connectivity index (χ2v) is 4.56. The van der Waals surface area contributed by atoms with Crippen LogP contribution in [0.4, 0.5) is 10.1 Å². The van der Waals surface area contributed by atoms with Crippen molar-refractivity contribution in [3.63, 3.8) is 0 Å². The summed E-state index contributed by atoms with van der Waals surface area (Å²) >= 11 is 5.75. The number of fused-ring (bicyclic) bond motifs is 1. The number of benzene rings is 2. The molecule has 0 N–H and O–H groups in total. The minimum absolute atomic E-state index is 0.131. The minimum atomic E-state index is -0.598. The van der Waals surface area contributed by atoms with Crippen LogP contribution in [-0.4, -0.2) is 11.8 Å². The molecule has 3 nitrogen and oxygen atoms in total. The lowest BCUT2D eigenvalue weighted by Gasteiger charge is -2.14. The number of hydrogen-bond acceptors (Lipinski definition) is 2. The van der Waals surface area contributed by atoms with Crippen molar-refractivity contribution in [1.82, 2.24) is 0 Å². The molecular formula is C14H7ClFNO2. The van der Waals surface area contributed by atoms with Crippen molar-refractivity contribution in [3.05, 3.63) is 64.4 Å². The maximum atomic E-state index is 13.3. The Morgan fingerprint density at radius 2 is 1.53 bits per heavy atom. The number of carbonyl (C=O) groups is 2. The lowest BCUT2D eigenvalue weighted by molar-refractivity contribution is 0.0926. The zero-order valence-electron chi connectivity index (χ0n) is 9.56. The number of halogens is 2. The third kappa shape index (κ3) is 1.81. The van der Waals surface area contributed by atoms with Gasteiger partial charge in [-0.2, -0.15) is 0 Å². The van der Waals surface area contributed by atoms with Crippen molar-refractivity contribution < 1.29 is 14.0 Å². The van der Waals surface area contributed by atoms with Gasteiger partial charge < -0.3 is 0 Å². The second kappa shape index (κ2) is 4.17. The number of anilines is 1. The smallest absolute Gasteiger partial charge is 0.266 e. The molecule has 5 heteroatoms. The van der Waals surface area contributed by atoms with Crippen LogP contribution in [0.15, 0.2) is 42.5 Å². The first kappa shape index (κ1) is 11.9. The maximum absolute atomic E-state index is 13.3.